The lowest BCUT2D eigenvalue weighted by Gasteiger charge is -2.14. The molecule has 1 atom stereocenters. The van der Waals surface area contributed by atoms with Gasteiger partial charge in [-0.15, -0.1) is 0 Å². The summed E-state index contributed by atoms with van der Waals surface area (Å²) in [6, 6.07) is 6.50. The summed E-state index contributed by atoms with van der Waals surface area (Å²) in [5.74, 6) is 5.97. The van der Waals surface area contributed by atoms with Gasteiger partial charge in [-0.05, 0) is 24.0 Å². The van der Waals surface area contributed by atoms with Crippen LogP contribution in [0.3, 0.4) is 0 Å². The van der Waals surface area contributed by atoms with Gasteiger partial charge in [-0.3, -0.25) is 11.3 Å². The van der Waals surface area contributed by atoms with E-state index in [0.717, 1.165) is 11.3 Å². The van der Waals surface area contributed by atoms with Crippen LogP contribution < -0.4 is 11.3 Å². The summed E-state index contributed by atoms with van der Waals surface area (Å²) in [7, 11) is 0. The third-order valence-electron chi connectivity index (χ3n) is 1.79. The lowest BCUT2D eigenvalue weighted by Crippen LogP contribution is -2.29. The van der Waals surface area contributed by atoms with Crippen molar-refractivity contribution >= 4 is 11.8 Å². The molecule has 0 saturated heterocycles. The largest absolute Gasteiger partial charge is 0.271 e. The molecule has 0 aliphatic rings. The molecule has 1 unspecified atom stereocenters. The van der Waals surface area contributed by atoms with Crippen LogP contribution in [-0.2, 0) is 0 Å². The third kappa shape index (κ3) is 2.99. The van der Waals surface area contributed by atoms with Crippen LogP contribution in [0.2, 0.25) is 0 Å². The molecule has 0 aliphatic carbocycles. The van der Waals surface area contributed by atoms with Crippen LogP contribution in [0.25, 0.3) is 0 Å². The normalized spacial score (nSPS) is 12.8. The molecule has 0 bridgehead atoms. The van der Waals surface area contributed by atoms with Crippen molar-refractivity contribution in [2.75, 3.05) is 12.0 Å². The number of rotatable bonds is 4. The minimum absolute atomic E-state index is 0.0192. The van der Waals surface area contributed by atoms with E-state index in [4.69, 9.17) is 5.84 Å². The second-order valence-electron chi connectivity index (χ2n) is 2.73. The predicted octanol–water partition coefficient (Wildman–Crippen LogP) is 1.69. The maximum Gasteiger partial charge on any atom is 0.123 e. The van der Waals surface area contributed by atoms with Crippen molar-refractivity contribution in [2.24, 2.45) is 5.84 Å². The molecule has 1 aromatic carbocycles. The molecule has 3 N–H and O–H groups in total. The van der Waals surface area contributed by atoms with E-state index in [9.17, 15) is 4.39 Å². The summed E-state index contributed by atoms with van der Waals surface area (Å²) < 4.78 is 12.8. The average molecular weight is 200 g/mol. The summed E-state index contributed by atoms with van der Waals surface area (Å²) in [4.78, 5) is 0. The first-order valence-electron chi connectivity index (χ1n) is 3.98. The molecule has 1 aromatic rings. The van der Waals surface area contributed by atoms with Gasteiger partial charge >= 0.3 is 0 Å². The molecule has 0 saturated carbocycles. The number of thioether (sulfide) groups is 1. The fourth-order valence-corrected chi connectivity index (χ4v) is 1.75. The number of benzene rings is 1. The maximum absolute atomic E-state index is 12.8. The maximum atomic E-state index is 12.8. The van der Waals surface area contributed by atoms with Gasteiger partial charge in [-0.25, -0.2) is 4.39 Å². The van der Waals surface area contributed by atoms with Gasteiger partial charge in [0.15, 0.2) is 0 Å². The van der Waals surface area contributed by atoms with Crippen molar-refractivity contribution in [1.82, 2.24) is 5.43 Å². The van der Waals surface area contributed by atoms with Crippen LogP contribution in [-0.4, -0.2) is 12.0 Å². The minimum Gasteiger partial charge on any atom is -0.271 e. The number of nitrogens with one attached hydrogen (secondary N) is 1. The predicted molar refractivity (Wildman–Crippen MR) is 54.8 cm³/mol. The van der Waals surface area contributed by atoms with Gasteiger partial charge in [0.05, 0.1) is 6.04 Å². The average Bonchev–Trinajstić information content (AvgIpc) is 2.14. The fraction of sp³-hybridized carbons (Fsp3) is 0.333. The summed E-state index contributed by atoms with van der Waals surface area (Å²) in [6.07, 6.45) is 1.99. The Kier molecular flexibility index (Phi) is 4.21. The van der Waals surface area contributed by atoms with E-state index >= 15 is 0 Å². The standard InChI is InChI=1S/C9H13FN2S/c1-13-6-9(12-11)7-3-2-4-8(10)5-7/h2-5,9,12H,6,11H2,1H3. The zero-order valence-corrected chi connectivity index (χ0v) is 8.27. The Labute approximate surface area is 81.7 Å². The fourth-order valence-electron chi connectivity index (χ4n) is 1.13. The van der Waals surface area contributed by atoms with Crippen molar-refractivity contribution < 1.29 is 4.39 Å². The Morgan fingerprint density at radius 3 is 2.92 bits per heavy atom. The molecule has 0 amide bonds. The molecule has 0 heterocycles. The number of hydrazine groups is 1. The summed E-state index contributed by atoms with van der Waals surface area (Å²) in [5, 5.41) is 0. The van der Waals surface area contributed by atoms with Crippen molar-refractivity contribution in [3.8, 4) is 0 Å². The van der Waals surface area contributed by atoms with Crippen molar-refractivity contribution in [2.45, 2.75) is 6.04 Å². The van der Waals surface area contributed by atoms with Crippen LogP contribution in [0.1, 0.15) is 11.6 Å². The molecule has 13 heavy (non-hydrogen) atoms. The van der Waals surface area contributed by atoms with E-state index in [2.05, 4.69) is 5.43 Å². The molecule has 72 valence electrons. The van der Waals surface area contributed by atoms with E-state index in [1.807, 2.05) is 12.3 Å². The Balaban J connectivity index is 2.78. The van der Waals surface area contributed by atoms with Crippen molar-refractivity contribution in [3.05, 3.63) is 35.6 Å². The highest BCUT2D eigenvalue weighted by Gasteiger charge is 2.08. The van der Waals surface area contributed by atoms with Crippen LogP contribution in [0, 0.1) is 5.82 Å². The zero-order chi connectivity index (χ0) is 9.68. The summed E-state index contributed by atoms with van der Waals surface area (Å²) in [5.41, 5.74) is 3.54. The molecule has 2 nitrogen and oxygen atoms in total. The lowest BCUT2D eigenvalue weighted by molar-refractivity contribution is 0.591. The number of nitrogens with two attached hydrogens (primary N) is 1. The van der Waals surface area contributed by atoms with Crippen LogP contribution in [0.15, 0.2) is 24.3 Å². The molecule has 0 fully saturated rings. The van der Waals surface area contributed by atoms with Gasteiger partial charge < -0.3 is 0 Å². The van der Waals surface area contributed by atoms with E-state index in [0.29, 0.717) is 0 Å². The molecule has 1 rings (SSSR count). The molecular weight excluding hydrogens is 187 g/mol. The molecule has 0 aliphatic heterocycles. The van der Waals surface area contributed by atoms with Gasteiger partial charge in [0.1, 0.15) is 5.82 Å². The highest BCUT2D eigenvalue weighted by Crippen LogP contribution is 2.16. The molecule has 4 heteroatoms. The SMILES string of the molecule is CSCC(NN)c1cccc(F)c1. The van der Waals surface area contributed by atoms with E-state index in [1.54, 1.807) is 17.8 Å². The van der Waals surface area contributed by atoms with Crippen molar-refractivity contribution in [1.29, 1.82) is 0 Å². The zero-order valence-electron chi connectivity index (χ0n) is 7.46. The van der Waals surface area contributed by atoms with E-state index in [-0.39, 0.29) is 11.9 Å². The third-order valence-corrected chi connectivity index (χ3v) is 2.45. The first-order chi connectivity index (χ1) is 6.27. The van der Waals surface area contributed by atoms with Gasteiger partial charge in [0.25, 0.3) is 0 Å². The molecular formula is C9H13FN2S. The second kappa shape index (κ2) is 5.21. The first-order valence-corrected chi connectivity index (χ1v) is 5.38. The summed E-state index contributed by atoms with van der Waals surface area (Å²) in [6.45, 7) is 0. The minimum atomic E-state index is -0.223. The van der Waals surface area contributed by atoms with Crippen molar-refractivity contribution in [3.63, 3.8) is 0 Å². The van der Waals surface area contributed by atoms with E-state index in [1.165, 1.54) is 12.1 Å². The van der Waals surface area contributed by atoms with E-state index < -0.39 is 0 Å². The van der Waals surface area contributed by atoms with Crippen LogP contribution in [0.4, 0.5) is 4.39 Å². The smallest absolute Gasteiger partial charge is 0.123 e. The lowest BCUT2D eigenvalue weighted by atomic mass is 10.1. The Hall–Kier alpha value is -0.580. The topological polar surface area (TPSA) is 38.0 Å². The number of halogens is 1. The second-order valence-corrected chi connectivity index (χ2v) is 3.64. The van der Waals surface area contributed by atoms with Gasteiger partial charge in [0.2, 0.25) is 0 Å². The number of hydrogen-bond donors (Lipinski definition) is 2. The van der Waals surface area contributed by atoms with Crippen LogP contribution in [0.5, 0.6) is 0 Å². The highest BCUT2D eigenvalue weighted by molar-refractivity contribution is 7.98. The Morgan fingerprint density at radius 1 is 1.62 bits per heavy atom. The number of hydrogen-bond acceptors (Lipinski definition) is 3. The molecule has 0 radical (unpaired) electrons. The first kappa shape index (κ1) is 10.5. The Morgan fingerprint density at radius 2 is 2.38 bits per heavy atom. The Bertz CT molecular complexity index is 268. The monoisotopic (exact) mass is 200 g/mol. The highest BCUT2D eigenvalue weighted by atomic mass is 32.2. The van der Waals surface area contributed by atoms with Gasteiger partial charge in [-0.1, -0.05) is 12.1 Å². The van der Waals surface area contributed by atoms with Gasteiger partial charge in [0, 0.05) is 5.75 Å². The molecule has 0 spiro atoms. The van der Waals surface area contributed by atoms with Gasteiger partial charge in [-0.2, -0.15) is 11.8 Å². The molecule has 0 aromatic heterocycles. The van der Waals surface area contributed by atoms with Crippen LogP contribution >= 0.6 is 11.8 Å². The quantitative estimate of drug-likeness (QED) is 0.574. The summed E-state index contributed by atoms with van der Waals surface area (Å²) >= 11 is 1.67.